The molecule has 6 aromatic carbocycles. The molecule has 0 saturated carbocycles. The summed E-state index contributed by atoms with van der Waals surface area (Å²) in [6.07, 6.45) is 8.07. The predicted octanol–water partition coefficient (Wildman–Crippen LogP) is 10.1. The topological polar surface area (TPSA) is 0 Å². The third-order valence-electron chi connectivity index (χ3n) is 8.77. The van der Waals surface area contributed by atoms with Gasteiger partial charge in [0.05, 0.1) is 67.9 Å². The van der Waals surface area contributed by atoms with Crippen molar-refractivity contribution in [3.8, 4) is 0 Å². The average Bonchev–Trinajstić information content (AvgIpc) is 3.17. The summed E-state index contributed by atoms with van der Waals surface area (Å²) < 4.78 is 0. The van der Waals surface area contributed by atoms with Crippen LogP contribution in [0.3, 0.4) is 0 Å². The van der Waals surface area contributed by atoms with Crippen LogP contribution in [0.25, 0.3) is 0 Å². The van der Waals surface area contributed by atoms with Gasteiger partial charge in [0.2, 0.25) is 0 Å². The molecule has 0 fully saturated rings. The zero-order chi connectivity index (χ0) is 34.8. The second kappa shape index (κ2) is 22.6. The largest absolute Gasteiger partial charge is 0.0999 e. The van der Waals surface area contributed by atoms with E-state index in [0.717, 1.165) is 0 Å². The summed E-state index contributed by atoms with van der Waals surface area (Å²) in [7, 11) is 12.2. The Morgan fingerprint density at radius 1 is 0.360 bits per heavy atom. The maximum Gasteiger partial charge on any atom is 0.0999 e. The van der Waals surface area contributed by atoms with E-state index in [1.54, 1.807) is 21.2 Å². The second-order valence-corrected chi connectivity index (χ2v) is 29.9. The normalized spacial score (nSPS) is 11.5. The SMILES string of the molecule is [Cl][Rh]([Cl])[Cl].c1ccc(P(CC[PH+](CC[PH+](c2ccccc2)c2ccccc2)CC[PH+](c2ccccc2)c2ccccc2)c2ccccc2)cc1. The number of hydrogen-bond acceptors (Lipinski definition) is 0. The zero-order valence-electron chi connectivity index (χ0n) is 28.0. The van der Waals surface area contributed by atoms with Crippen LogP contribution in [0.5, 0.6) is 0 Å². The van der Waals surface area contributed by atoms with E-state index < -0.39 is 36.7 Å². The summed E-state index contributed by atoms with van der Waals surface area (Å²) in [5, 5.41) is 9.23. The maximum absolute atomic E-state index is 4.94. The van der Waals surface area contributed by atoms with E-state index in [1.165, 1.54) is 47.6 Å². The Balaban J connectivity index is 0.00000115. The van der Waals surface area contributed by atoms with E-state index in [9.17, 15) is 0 Å². The fraction of sp³-hybridized carbons (Fsp3) is 0.143. The third kappa shape index (κ3) is 13.2. The molecule has 0 spiro atoms. The molecule has 8 heteroatoms. The van der Waals surface area contributed by atoms with E-state index in [1.807, 2.05) is 0 Å². The van der Waals surface area contributed by atoms with Gasteiger partial charge < -0.3 is 0 Å². The van der Waals surface area contributed by atoms with Gasteiger partial charge in [-0.05, 0) is 67.1 Å². The van der Waals surface area contributed by atoms with Gasteiger partial charge in [-0.15, -0.1) is 0 Å². The van der Waals surface area contributed by atoms with Crippen molar-refractivity contribution in [3.63, 3.8) is 0 Å². The van der Waals surface area contributed by atoms with Crippen molar-refractivity contribution in [1.82, 2.24) is 0 Å². The van der Waals surface area contributed by atoms with Gasteiger partial charge in [-0.3, -0.25) is 0 Å². The molecule has 0 heterocycles. The van der Waals surface area contributed by atoms with Gasteiger partial charge in [0.1, 0.15) is 0 Å². The van der Waals surface area contributed by atoms with Crippen LogP contribution in [0.2, 0.25) is 0 Å². The summed E-state index contributed by atoms with van der Waals surface area (Å²) in [6.45, 7) is 0. The average molecular weight is 883 g/mol. The molecule has 0 unspecified atom stereocenters. The Morgan fingerprint density at radius 3 is 0.900 bits per heavy atom. The van der Waals surface area contributed by atoms with Crippen LogP contribution in [0, 0.1) is 0 Å². The van der Waals surface area contributed by atoms with E-state index in [4.69, 9.17) is 29.1 Å². The fourth-order valence-electron chi connectivity index (χ4n) is 6.34. The number of rotatable bonds is 15. The van der Waals surface area contributed by atoms with Crippen molar-refractivity contribution in [1.29, 1.82) is 0 Å². The minimum Gasteiger partial charge on any atom is -0.0622 e. The molecule has 0 bridgehead atoms. The Labute approximate surface area is 322 Å². The standard InChI is InChI=1S/C42H42P4.3ClH.Rh/c1-7-19-37(20-8-1)44(38-21-9-2-10-22-38)34-31-43(32-35-45(39-23-11-3-12-24-39)40-25-13-4-14-26-40)33-36-46(41-27-15-5-16-28-41)42-29-17-6-18-30-42;;;;/h1-30H,31-36H2;3*1H;/q;;;;+3. The summed E-state index contributed by atoms with van der Waals surface area (Å²) in [6, 6.07) is 68.2. The molecule has 6 rings (SSSR count). The van der Waals surface area contributed by atoms with Crippen molar-refractivity contribution in [2.75, 3.05) is 37.0 Å². The van der Waals surface area contributed by atoms with Crippen LogP contribution in [0.15, 0.2) is 182 Å². The molecule has 0 atom stereocenters. The maximum atomic E-state index is 4.94. The van der Waals surface area contributed by atoms with Crippen molar-refractivity contribution >= 4 is 92.6 Å². The van der Waals surface area contributed by atoms with Gasteiger partial charge in [-0.25, -0.2) is 0 Å². The van der Waals surface area contributed by atoms with Crippen LogP contribution in [-0.2, 0) is 13.0 Å². The number of halogens is 3. The first-order valence-corrected chi connectivity index (χ1v) is 30.3. The quantitative estimate of drug-likeness (QED) is 0.0712. The van der Waals surface area contributed by atoms with Gasteiger partial charge in [-0.2, -0.15) is 0 Å². The third-order valence-corrected chi connectivity index (χ3v) is 21.2. The van der Waals surface area contributed by atoms with Crippen molar-refractivity contribution in [3.05, 3.63) is 182 Å². The van der Waals surface area contributed by atoms with E-state index in [2.05, 4.69) is 182 Å². The summed E-state index contributed by atoms with van der Waals surface area (Å²) in [4.78, 5) is 0. The summed E-state index contributed by atoms with van der Waals surface area (Å²) in [5.41, 5.74) is 0. The minimum absolute atomic E-state index is 0.369. The molecule has 6 aromatic rings. The molecule has 0 aromatic heterocycles. The molecule has 0 aliphatic heterocycles. The first-order chi connectivity index (χ1) is 24.6. The van der Waals surface area contributed by atoms with Crippen molar-refractivity contribution < 1.29 is 13.0 Å². The van der Waals surface area contributed by atoms with Gasteiger partial charge in [0, 0.05) is 14.1 Å². The summed E-state index contributed by atoms with van der Waals surface area (Å²) >= 11 is -1.66. The van der Waals surface area contributed by atoms with Gasteiger partial charge in [0.25, 0.3) is 0 Å². The van der Waals surface area contributed by atoms with E-state index in [-0.39, 0.29) is 7.92 Å². The number of hydrogen-bond donors (Lipinski definition) is 0. The number of benzene rings is 6. The molecular formula is C42H45Cl3P4Rh+3. The fourth-order valence-corrected chi connectivity index (χ4v) is 20.2. The van der Waals surface area contributed by atoms with E-state index in [0.29, 0.717) is 0 Å². The molecule has 260 valence electrons. The molecule has 0 radical (unpaired) electrons. The molecule has 0 aliphatic rings. The van der Waals surface area contributed by atoms with Crippen LogP contribution in [0.1, 0.15) is 0 Å². The molecule has 0 N–H and O–H groups in total. The second-order valence-electron chi connectivity index (χ2n) is 11.9. The molecule has 0 saturated heterocycles. The molecule has 0 nitrogen and oxygen atoms in total. The van der Waals surface area contributed by atoms with Crippen molar-refractivity contribution in [2.45, 2.75) is 0 Å². The smallest absolute Gasteiger partial charge is 0.0622 e. The van der Waals surface area contributed by atoms with Crippen LogP contribution >= 0.6 is 60.8 Å². The van der Waals surface area contributed by atoms with Crippen LogP contribution in [-0.4, -0.2) is 37.0 Å². The Bertz CT molecular complexity index is 1430. The first-order valence-electron chi connectivity index (χ1n) is 16.9. The minimum atomic E-state index is -1.66. The van der Waals surface area contributed by atoms with Gasteiger partial charge >= 0.3 is 42.1 Å². The Morgan fingerprint density at radius 2 is 0.620 bits per heavy atom. The molecule has 50 heavy (non-hydrogen) atoms. The predicted molar refractivity (Wildman–Crippen MR) is 235 cm³/mol. The van der Waals surface area contributed by atoms with Crippen molar-refractivity contribution in [2.24, 2.45) is 0 Å². The molecular weight excluding hydrogens is 838 g/mol. The van der Waals surface area contributed by atoms with E-state index >= 15 is 0 Å². The van der Waals surface area contributed by atoms with Crippen LogP contribution < -0.4 is 31.8 Å². The summed E-state index contributed by atoms with van der Waals surface area (Å²) in [5.74, 6) is 0. The monoisotopic (exact) mass is 881 g/mol. The van der Waals surface area contributed by atoms with Gasteiger partial charge in [0.15, 0.2) is 0 Å². The Hall–Kier alpha value is -1.47. The molecule has 0 amide bonds. The van der Waals surface area contributed by atoms with Gasteiger partial charge in [-0.1, -0.05) is 133 Å². The molecule has 0 aliphatic carbocycles. The first kappa shape index (κ1) is 39.7. The van der Waals surface area contributed by atoms with Crippen LogP contribution in [0.4, 0.5) is 0 Å². The Kier molecular flexibility index (Phi) is 17.9. The zero-order valence-corrected chi connectivity index (χ0v) is 35.8.